The normalized spacial score (nSPS) is 12.6. The highest BCUT2D eigenvalue weighted by molar-refractivity contribution is 7.89. The smallest absolute Gasteiger partial charge is 0.238 e. The molecule has 4 N–H and O–H groups in total. The molecule has 0 radical (unpaired) electrons. The number of pyridine rings is 2. The Morgan fingerprint density at radius 1 is 1.00 bits per heavy atom. The van der Waals surface area contributed by atoms with Gasteiger partial charge in [0.15, 0.2) is 0 Å². The van der Waals surface area contributed by atoms with Gasteiger partial charge < -0.3 is 10.4 Å². The van der Waals surface area contributed by atoms with Gasteiger partial charge >= 0.3 is 0 Å². The molecule has 2 aromatic carbocycles. The van der Waals surface area contributed by atoms with Crippen LogP contribution in [0.5, 0.6) is 5.75 Å². The number of aromatic hydroxyl groups is 1. The number of aromatic nitrogens is 2. The molecule has 0 saturated carbocycles. The second-order valence-corrected chi connectivity index (χ2v) is 8.49. The summed E-state index contributed by atoms with van der Waals surface area (Å²) < 4.78 is 23.0. The zero-order valence-electron chi connectivity index (χ0n) is 16.1. The Morgan fingerprint density at radius 3 is 2.40 bits per heavy atom. The molecule has 2 aromatic heterocycles. The van der Waals surface area contributed by atoms with Crippen molar-refractivity contribution in [1.29, 1.82) is 0 Å². The van der Waals surface area contributed by atoms with Gasteiger partial charge in [0, 0.05) is 28.5 Å². The standard InChI is InChI=1S/C22H20N4O3S/c1-14-5-6-15-7-12-18(22(27)20(15)25-14)21(19-4-2-3-13-24-19)26-16-8-10-17(11-9-16)30(23,28)29/h2-13,21,26-27H,1H3,(H2,23,28,29). The van der Waals surface area contributed by atoms with E-state index in [0.717, 1.165) is 11.1 Å². The van der Waals surface area contributed by atoms with E-state index in [1.54, 1.807) is 18.3 Å². The van der Waals surface area contributed by atoms with Crippen molar-refractivity contribution in [1.82, 2.24) is 9.97 Å². The van der Waals surface area contributed by atoms with Crippen molar-refractivity contribution >= 4 is 26.6 Å². The monoisotopic (exact) mass is 420 g/mol. The molecule has 0 spiro atoms. The topological polar surface area (TPSA) is 118 Å². The predicted octanol–water partition coefficient (Wildman–Crippen LogP) is 3.49. The number of nitrogens with one attached hydrogen (secondary N) is 1. The summed E-state index contributed by atoms with van der Waals surface area (Å²) in [5.41, 5.74) is 3.26. The molecule has 0 aliphatic heterocycles. The number of rotatable bonds is 5. The lowest BCUT2D eigenvalue weighted by atomic mass is 9.99. The summed E-state index contributed by atoms with van der Waals surface area (Å²) in [6.45, 7) is 1.87. The van der Waals surface area contributed by atoms with Crippen molar-refractivity contribution in [2.45, 2.75) is 17.9 Å². The van der Waals surface area contributed by atoms with E-state index in [-0.39, 0.29) is 10.6 Å². The minimum atomic E-state index is -3.78. The summed E-state index contributed by atoms with van der Waals surface area (Å²) in [6.07, 6.45) is 1.68. The Kier molecular flexibility index (Phi) is 5.11. The summed E-state index contributed by atoms with van der Waals surface area (Å²) in [7, 11) is -3.78. The molecule has 0 amide bonds. The van der Waals surface area contributed by atoms with Crippen molar-refractivity contribution < 1.29 is 13.5 Å². The van der Waals surface area contributed by atoms with Gasteiger partial charge in [0.2, 0.25) is 10.0 Å². The average Bonchev–Trinajstić information content (AvgIpc) is 2.73. The molecule has 0 fully saturated rings. The van der Waals surface area contributed by atoms with E-state index in [1.807, 2.05) is 49.4 Å². The maximum Gasteiger partial charge on any atom is 0.238 e. The Balaban J connectivity index is 1.80. The zero-order chi connectivity index (χ0) is 21.3. The lowest BCUT2D eigenvalue weighted by Gasteiger charge is -2.22. The Morgan fingerprint density at radius 2 is 1.73 bits per heavy atom. The quantitative estimate of drug-likeness (QED) is 0.455. The summed E-state index contributed by atoms with van der Waals surface area (Å²) in [5, 5.41) is 20.3. The molecule has 152 valence electrons. The number of nitrogens with two attached hydrogens (primary N) is 1. The van der Waals surface area contributed by atoms with Gasteiger partial charge in [-0.15, -0.1) is 0 Å². The predicted molar refractivity (Wildman–Crippen MR) is 116 cm³/mol. The summed E-state index contributed by atoms with van der Waals surface area (Å²) in [6, 6.07) is 18.7. The van der Waals surface area contributed by atoms with E-state index in [9.17, 15) is 13.5 Å². The van der Waals surface area contributed by atoms with E-state index in [1.165, 1.54) is 12.1 Å². The third-order valence-electron chi connectivity index (χ3n) is 4.79. The highest BCUT2D eigenvalue weighted by atomic mass is 32.2. The number of benzene rings is 2. The highest BCUT2D eigenvalue weighted by Crippen LogP contribution is 2.36. The number of phenolic OH excluding ortho intramolecular Hbond substituents is 1. The fraction of sp³-hybridized carbons (Fsp3) is 0.0909. The maximum atomic E-state index is 11.5. The number of aryl methyl sites for hydroxylation is 1. The Labute approximate surface area is 174 Å². The first-order valence-corrected chi connectivity index (χ1v) is 10.8. The van der Waals surface area contributed by atoms with Crippen LogP contribution < -0.4 is 10.5 Å². The molecule has 0 aliphatic rings. The molecule has 0 bridgehead atoms. The van der Waals surface area contributed by atoms with Crippen LogP contribution in [0.1, 0.15) is 23.0 Å². The molecule has 0 aliphatic carbocycles. The second kappa shape index (κ2) is 7.74. The first-order valence-electron chi connectivity index (χ1n) is 9.22. The van der Waals surface area contributed by atoms with Gasteiger partial charge in [-0.3, -0.25) is 4.98 Å². The first kappa shape index (κ1) is 19.8. The van der Waals surface area contributed by atoms with Crippen molar-refractivity contribution in [2.75, 3.05) is 5.32 Å². The van der Waals surface area contributed by atoms with E-state index in [0.29, 0.717) is 22.5 Å². The van der Waals surface area contributed by atoms with Gasteiger partial charge in [0.1, 0.15) is 11.3 Å². The van der Waals surface area contributed by atoms with Crippen LogP contribution in [0, 0.1) is 6.92 Å². The Bertz CT molecular complexity index is 1310. The summed E-state index contributed by atoms with van der Waals surface area (Å²) in [4.78, 5) is 8.94. The van der Waals surface area contributed by atoms with Gasteiger partial charge in [0.25, 0.3) is 0 Å². The van der Waals surface area contributed by atoms with Crippen LogP contribution in [0.2, 0.25) is 0 Å². The van der Waals surface area contributed by atoms with Crippen LogP contribution in [-0.2, 0) is 10.0 Å². The van der Waals surface area contributed by atoms with Crippen molar-refractivity contribution in [3.8, 4) is 5.75 Å². The molecule has 7 nitrogen and oxygen atoms in total. The molecular formula is C22H20N4O3S. The van der Waals surface area contributed by atoms with Crippen LogP contribution in [0.4, 0.5) is 5.69 Å². The number of phenols is 1. The largest absolute Gasteiger partial charge is 0.505 e. The minimum absolute atomic E-state index is 0.0238. The molecule has 4 aromatic rings. The number of fused-ring (bicyclic) bond motifs is 1. The van der Waals surface area contributed by atoms with E-state index < -0.39 is 16.1 Å². The molecule has 4 rings (SSSR count). The van der Waals surface area contributed by atoms with Crippen molar-refractivity contribution in [2.24, 2.45) is 5.14 Å². The highest BCUT2D eigenvalue weighted by Gasteiger charge is 2.21. The SMILES string of the molecule is Cc1ccc2ccc(C(Nc3ccc(S(N)(=O)=O)cc3)c3ccccn3)c(O)c2n1. The number of hydrogen-bond acceptors (Lipinski definition) is 6. The van der Waals surface area contributed by atoms with Crippen LogP contribution in [0.25, 0.3) is 10.9 Å². The molecule has 0 saturated heterocycles. The maximum absolute atomic E-state index is 11.5. The fourth-order valence-corrected chi connectivity index (χ4v) is 3.80. The summed E-state index contributed by atoms with van der Waals surface area (Å²) >= 11 is 0. The van der Waals surface area contributed by atoms with Crippen molar-refractivity contribution in [3.63, 3.8) is 0 Å². The number of sulfonamides is 1. The Hall–Kier alpha value is -3.49. The first-order chi connectivity index (χ1) is 14.3. The van der Waals surface area contributed by atoms with Crippen LogP contribution in [0.15, 0.2) is 77.8 Å². The molecule has 30 heavy (non-hydrogen) atoms. The van der Waals surface area contributed by atoms with Gasteiger partial charge in [-0.2, -0.15) is 0 Å². The lowest BCUT2D eigenvalue weighted by molar-refractivity contribution is 0.471. The molecule has 8 heteroatoms. The van der Waals surface area contributed by atoms with Gasteiger partial charge in [0.05, 0.1) is 16.6 Å². The summed E-state index contributed by atoms with van der Waals surface area (Å²) in [5.74, 6) is 0.0699. The van der Waals surface area contributed by atoms with Crippen LogP contribution in [-0.4, -0.2) is 23.5 Å². The lowest BCUT2D eigenvalue weighted by Crippen LogP contribution is -2.15. The van der Waals surface area contributed by atoms with Crippen LogP contribution >= 0.6 is 0 Å². The number of anilines is 1. The second-order valence-electron chi connectivity index (χ2n) is 6.93. The average molecular weight is 420 g/mol. The van der Waals surface area contributed by atoms with E-state index in [4.69, 9.17) is 5.14 Å². The minimum Gasteiger partial charge on any atom is -0.505 e. The molecule has 2 heterocycles. The third kappa shape index (κ3) is 3.96. The van der Waals surface area contributed by atoms with Gasteiger partial charge in [-0.1, -0.05) is 24.3 Å². The number of hydrogen-bond donors (Lipinski definition) is 3. The third-order valence-corrected chi connectivity index (χ3v) is 5.72. The van der Waals surface area contributed by atoms with Gasteiger partial charge in [-0.25, -0.2) is 18.5 Å². The van der Waals surface area contributed by atoms with Crippen molar-refractivity contribution in [3.05, 3.63) is 89.9 Å². The molecular weight excluding hydrogens is 400 g/mol. The van der Waals surface area contributed by atoms with Crippen LogP contribution in [0.3, 0.4) is 0 Å². The van der Waals surface area contributed by atoms with Gasteiger partial charge in [-0.05, 0) is 49.4 Å². The van der Waals surface area contributed by atoms with E-state index >= 15 is 0 Å². The number of primary sulfonamides is 1. The molecule has 1 unspecified atom stereocenters. The number of nitrogens with zero attached hydrogens (tertiary/aromatic N) is 2. The fourth-order valence-electron chi connectivity index (χ4n) is 3.29. The van der Waals surface area contributed by atoms with E-state index in [2.05, 4.69) is 15.3 Å². The molecule has 1 atom stereocenters. The zero-order valence-corrected chi connectivity index (χ0v) is 17.0.